The third kappa shape index (κ3) is 3.11. The first-order valence-corrected chi connectivity index (χ1v) is 7.65. The van der Waals surface area contributed by atoms with Crippen molar-refractivity contribution in [2.75, 3.05) is 33.7 Å². The summed E-state index contributed by atoms with van der Waals surface area (Å²) in [5, 5.41) is 6.58. The molecular formula is C15H29N3O. The summed E-state index contributed by atoms with van der Waals surface area (Å²) in [6.45, 7) is 4.84. The van der Waals surface area contributed by atoms with E-state index in [1.165, 1.54) is 25.7 Å². The fourth-order valence-corrected chi connectivity index (χ4v) is 3.48. The first kappa shape index (κ1) is 14.8. The number of hydrogen-bond donors (Lipinski definition) is 2. The molecule has 1 saturated carbocycles. The van der Waals surface area contributed by atoms with Crippen molar-refractivity contribution in [2.45, 2.75) is 51.0 Å². The van der Waals surface area contributed by atoms with Gasteiger partial charge in [0.15, 0.2) is 0 Å². The van der Waals surface area contributed by atoms with Crippen molar-refractivity contribution in [1.29, 1.82) is 0 Å². The Bertz CT molecular complexity index is 315. The van der Waals surface area contributed by atoms with Crippen LogP contribution < -0.4 is 10.6 Å². The Morgan fingerprint density at radius 3 is 2.26 bits per heavy atom. The van der Waals surface area contributed by atoms with Crippen molar-refractivity contribution >= 4 is 5.91 Å². The average molecular weight is 267 g/mol. The van der Waals surface area contributed by atoms with E-state index in [9.17, 15) is 4.79 Å². The molecule has 0 aromatic carbocycles. The number of rotatable bonds is 4. The van der Waals surface area contributed by atoms with Crippen LogP contribution in [-0.4, -0.2) is 50.1 Å². The van der Waals surface area contributed by atoms with Crippen molar-refractivity contribution < 1.29 is 4.79 Å². The molecule has 1 heterocycles. The molecular weight excluding hydrogens is 238 g/mol. The highest BCUT2D eigenvalue weighted by Gasteiger charge is 2.39. The lowest BCUT2D eigenvalue weighted by molar-refractivity contribution is -0.132. The molecule has 2 rings (SSSR count). The maximum Gasteiger partial charge on any atom is 0.226 e. The molecule has 1 aliphatic carbocycles. The Morgan fingerprint density at radius 1 is 1.16 bits per heavy atom. The number of carbonyl (C=O) groups excluding carboxylic acids is 1. The molecule has 110 valence electrons. The van der Waals surface area contributed by atoms with Gasteiger partial charge in [-0.25, -0.2) is 0 Å². The maximum atomic E-state index is 12.5. The van der Waals surface area contributed by atoms with Gasteiger partial charge in [0, 0.05) is 17.5 Å². The highest BCUT2D eigenvalue weighted by Crippen LogP contribution is 2.34. The zero-order valence-corrected chi connectivity index (χ0v) is 12.7. The molecule has 0 radical (unpaired) electrons. The van der Waals surface area contributed by atoms with Gasteiger partial charge in [0.25, 0.3) is 0 Å². The fraction of sp³-hybridized carbons (Fsp3) is 0.933. The standard InChI is InChI=1S/C15H29N3O/c1-14(8-10-16-11-9-14)13(19)17-12-15(18(2)3)6-4-5-7-15/h16H,4-12H2,1-3H3,(H,17,19). The first-order valence-electron chi connectivity index (χ1n) is 7.65. The second-order valence-electron chi connectivity index (χ2n) is 6.82. The molecule has 2 N–H and O–H groups in total. The van der Waals surface area contributed by atoms with Crippen LogP contribution in [-0.2, 0) is 4.79 Å². The molecule has 1 amide bonds. The Labute approximate surface area is 117 Å². The molecule has 0 bridgehead atoms. The maximum absolute atomic E-state index is 12.5. The molecule has 1 aliphatic heterocycles. The molecule has 4 nitrogen and oxygen atoms in total. The van der Waals surface area contributed by atoms with E-state index in [1.54, 1.807) is 0 Å². The van der Waals surface area contributed by atoms with E-state index in [4.69, 9.17) is 0 Å². The average Bonchev–Trinajstić information content (AvgIpc) is 2.87. The van der Waals surface area contributed by atoms with Crippen molar-refractivity contribution in [1.82, 2.24) is 15.5 Å². The van der Waals surface area contributed by atoms with E-state index in [2.05, 4.69) is 36.6 Å². The largest absolute Gasteiger partial charge is 0.354 e. The van der Waals surface area contributed by atoms with Gasteiger partial charge in [-0.05, 0) is 52.9 Å². The highest BCUT2D eigenvalue weighted by atomic mass is 16.2. The van der Waals surface area contributed by atoms with E-state index in [1.807, 2.05) is 0 Å². The molecule has 0 aromatic heterocycles. The summed E-state index contributed by atoms with van der Waals surface area (Å²) in [5.74, 6) is 0.252. The highest BCUT2D eigenvalue weighted by molar-refractivity contribution is 5.82. The summed E-state index contributed by atoms with van der Waals surface area (Å²) >= 11 is 0. The number of amides is 1. The van der Waals surface area contributed by atoms with E-state index in [-0.39, 0.29) is 16.9 Å². The number of carbonyl (C=O) groups is 1. The molecule has 1 saturated heterocycles. The van der Waals surface area contributed by atoms with E-state index >= 15 is 0 Å². The molecule has 0 spiro atoms. The summed E-state index contributed by atoms with van der Waals surface area (Å²) < 4.78 is 0. The first-order chi connectivity index (χ1) is 8.99. The molecule has 0 aromatic rings. The Morgan fingerprint density at radius 2 is 1.74 bits per heavy atom. The van der Waals surface area contributed by atoms with E-state index in [0.717, 1.165) is 32.5 Å². The monoisotopic (exact) mass is 267 g/mol. The SMILES string of the molecule is CN(C)C1(CNC(=O)C2(C)CCNCC2)CCCC1. The summed E-state index contributed by atoms with van der Waals surface area (Å²) in [6, 6.07) is 0. The van der Waals surface area contributed by atoms with E-state index < -0.39 is 0 Å². The third-order valence-corrected chi connectivity index (χ3v) is 5.32. The van der Waals surface area contributed by atoms with Crippen LogP contribution in [0.4, 0.5) is 0 Å². The summed E-state index contributed by atoms with van der Waals surface area (Å²) in [5.41, 5.74) is 0.0241. The minimum absolute atomic E-state index is 0.169. The molecule has 19 heavy (non-hydrogen) atoms. The van der Waals surface area contributed by atoms with Crippen molar-refractivity contribution in [2.24, 2.45) is 5.41 Å². The quantitative estimate of drug-likeness (QED) is 0.808. The molecule has 2 aliphatic rings. The predicted molar refractivity (Wildman–Crippen MR) is 78.1 cm³/mol. The summed E-state index contributed by atoms with van der Waals surface area (Å²) in [7, 11) is 4.29. The second-order valence-corrected chi connectivity index (χ2v) is 6.82. The topological polar surface area (TPSA) is 44.4 Å². The van der Waals surface area contributed by atoms with Gasteiger partial charge in [-0.15, -0.1) is 0 Å². The van der Waals surface area contributed by atoms with Crippen LogP contribution in [0, 0.1) is 5.41 Å². The van der Waals surface area contributed by atoms with Crippen LogP contribution in [0.15, 0.2) is 0 Å². The van der Waals surface area contributed by atoms with Gasteiger partial charge in [0.05, 0.1) is 0 Å². The van der Waals surface area contributed by atoms with Gasteiger partial charge < -0.3 is 15.5 Å². The molecule has 0 unspecified atom stereocenters. The van der Waals surface area contributed by atoms with Crippen LogP contribution >= 0.6 is 0 Å². The molecule has 4 heteroatoms. The fourth-order valence-electron chi connectivity index (χ4n) is 3.48. The smallest absolute Gasteiger partial charge is 0.226 e. The Kier molecular flexibility index (Phi) is 4.51. The lowest BCUT2D eigenvalue weighted by Gasteiger charge is -2.39. The van der Waals surface area contributed by atoms with Gasteiger partial charge >= 0.3 is 0 Å². The minimum Gasteiger partial charge on any atom is -0.354 e. The van der Waals surface area contributed by atoms with Gasteiger partial charge in [-0.1, -0.05) is 19.8 Å². The third-order valence-electron chi connectivity index (χ3n) is 5.32. The number of piperidine rings is 1. The summed E-state index contributed by atoms with van der Waals surface area (Å²) in [4.78, 5) is 14.8. The van der Waals surface area contributed by atoms with Crippen LogP contribution in [0.25, 0.3) is 0 Å². The number of likely N-dealkylation sites (N-methyl/N-ethyl adjacent to an activating group) is 1. The zero-order chi connectivity index (χ0) is 13.9. The zero-order valence-electron chi connectivity index (χ0n) is 12.7. The van der Waals surface area contributed by atoms with Crippen molar-refractivity contribution in [3.05, 3.63) is 0 Å². The number of nitrogens with one attached hydrogen (secondary N) is 2. The minimum atomic E-state index is -0.169. The van der Waals surface area contributed by atoms with Crippen LogP contribution in [0.2, 0.25) is 0 Å². The number of hydrogen-bond acceptors (Lipinski definition) is 3. The van der Waals surface area contributed by atoms with Crippen LogP contribution in [0.3, 0.4) is 0 Å². The lowest BCUT2D eigenvalue weighted by atomic mass is 9.80. The molecule has 2 fully saturated rings. The van der Waals surface area contributed by atoms with Gasteiger partial charge in [0.2, 0.25) is 5.91 Å². The number of nitrogens with zero attached hydrogens (tertiary/aromatic N) is 1. The second kappa shape index (κ2) is 5.80. The normalized spacial score (nSPS) is 25.5. The van der Waals surface area contributed by atoms with Crippen LogP contribution in [0.1, 0.15) is 45.4 Å². The predicted octanol–water partition coefficient (Wildman–Crippen LogP) is 1.37. The molecule has 0 atom stereocenters. The van der Waals surface area contributed by atoms with Gasteiger partial charge in [0.1, 0.15) is 0 Å². The lowest BCUT2D eigenvalue weighted by Crippen LogP contribution is -2.54. The van der Waals surface area contributed by atoms with Crippen LogP contribution in [0.5, 0.6) is 0 Å². The Balaban J connectivity index is 1.92. The Hall–Kier alpha value is -0.610. The summed E-state index contributed by atoms with van der Waals surface area (Å²) in [6.07, 6.45) is 6.89. The van der Waals surface area contributed by atoms with Gasteiger partial charge in [-0.2, -0.15) is 0 Å². The van der Waals surface area contributed by atoms with Crippen molar-refractivity contribution in [3.8, 4) is 0 Å². The van der Waals surface area contributed by atoms with Gasteiger partial charge in [-0.3, -0.25) is 4.79 Å². The van der Waals surface area contributed by atoms with Crippen molar-refractivity contribution in [3.63, 3.8) is 0 Å². The van der Waals surface area contributed by atoms with E-state index in [0.29, 0.717) is 0 Å².